The van der Waals surface area contributed by atoms with Gasteiger partial charge in [0, 0.05) is 24.5 Å². The van der Waals surface area contributed by atoms with Crippen LogP contribution in [0, 0.1) is 0 Å². The minimum absolute atomic E-state index is 0.127. The molecule has 2 aromatic heterocycles. The van der Waals surface area contributed by atoms with Crippen molar-refractivity contribution in [1.82, 2.24) is 20.1 Å². The van der Waals surface area contributed by atoms with E-state index in [0.717, 1.165) is 31.6 Å². The second-order valence-electron chi connectivity index (χ2n) is 4.93. The number of nitrogens with one attached hydrogen (secondary N) is 1. The molecule has 20 heavy (non-hydrogen) atoms. The van der Waals surface area contributed by atoms with Gasteiger partial charge in [0.05, 0.1) is 17.9 Å². The molecule has 0 radical (unpaired) electrons. The van der Waals surface area contributed by atoms with E-state index in [1.807, 2.05) is 23.1 Å². The standard InChI is InChI=1S/C16H24N4/c1-4-10-20-12-14(11-19-20)16(17-6-3)15-13(5-2)8-7-9-18-15/h7-9,11-12,16-17H,4-6,10H2,1-3H3. The molecule has 2 heterocycles. The Morgan fingerprint density at radius 2 is 2.15 bits per heavy atom. The molecule has 1 N–H and O–H groups in total. The molecule has 2 aromatic rings. The molecule has 0 bridgehead atoms. The van der Waals surface area contributed by atoms with Crippen molar-refractivity contribution in [3.63, 3.8) is 0 Å². The highest BCUT2D eigenvalue weighted by Crippen LogP contribution is 2.23. The second-order valence-corrected chi connectivity index (χ2v) is 4.93. The van der Waals surface area contributed by atoms with Gasteiger partial charge in [0.25, 0.3) is 0 Å². The summed E-state index contributed by atoms with van der Waals surface area (Å²) in [5, 5.41) is 7.97. The summed E-state index contributed by atoms with van der Waals surface area (Å²) in [6, 6.07) is 4.29. The van der Waals surface area contributed by atoms with Crippen LogP contribution in [0.5, 0.6) is 0 Å². The van der Waals surface area contributed by atoms with E-state index >= 15 is 0 Å². The van der Waals surface area contributed by atoms with Gasteiger partial charge in [0.2, 0.25) is 0 Å². The Morgan fingerprint density at radius 1 is 1.30 bits per heavy atom. The molecule has 0 aliphatic rings. The van der Waals surface area contributed by atoms with Gasteiger partial charge in [-0.25, -0.2) is 0 Å². The lowest BCUT2D eigenvalue weighted by Crippen LogP contribution is -2.23. The molecule has 4 nitrogen and oxygen atoms in total. The zero-order valence-corrected chi connectivity index (χ0v) is 12.6. The number of rotatable bonds is 7. The molecule has 0 fully saturated rings. The predicted octanol–water partition coefficient (Wildman–Crippen LogP) is 2.95. The van der Waals surface area contributed by atoms with Crippen LogP contribution in [-0.2, 0) is 13.0 Å². The molecule has 2 rings (SSSR count). The molecule has 4 heteroatoms. The van der Waals surface area contributed by atoms with Crippen LogP contribution in [0.2, 0.25) is 0 Å². The number of aryl methyl sites for hydroxylation is 2. The molecule has 108 valence electrons. The van der Waals surface area contributed by atoms with Crippen molar-refractivity contribution >= 4 is 0 Å². The number of nitrogens with zero attached hydrogens (tertiary/aromatic N) is 3. The zero-order valence-electron chi connectivity index (χ0n) is 12.6. The van der Waals surface area contributed by atoms with Gasteiger partial charge < -0.3 is 5.32 Å². The Morgan fingerprint density at radius 3 is 2.85 bits per heavy atom. The lowest BCUT2D eigenvalue weighted by molar-refractivity contribution is 0.592. The maximum absolute atomic E-state index is 4.60. The topological polar surface area (TPSA) is 42.7 Å². The number of aromatic nitrogens is 3. The van der Waals surface area contributed by atoms with Crippen molar-refractivity contribution in [2.45, 2.75) is 46.2 Å². The number of hydrogen-bond acceptors (Lipinski definition) is 3. The van der Waals surface area contributed by atoms with Crippen molar-refractivity contribution in [3.8, 4) is 0 Å². The van der Waals surface area contributed by atoms with E-state index in [0.29, 0.717) is 0 Å². The Balaban J connectivity index is 2.34. The van der Waals surface area contributed by atoms with Gasteiger partial charge in [-0.3, -0.25) is 9.67 Å². The fraction of sp³-hybridized carbons (Fsp3) is 0.500. The van der Waals surface area contributed by atoms with Crippen LogP contribution >= 0.6 is 0 Å². The van der Waals surface area contributed by atoms with Crippen LogP contribution in [-0.4, -0.2) is 21.3 Å². The van der Waals surface area contributed by atoms with E-state index in [9.17, 15) is 0 Å². The third-order valence-corrected chi connectivity index (χ3v) is 3.43. The summed E-state index contributed by atoms with van der Waals surface area (Å²) in [6.07, 6.45) is 8.04. The molecule has 0 spiro atoms. The van der Waals surface area contributed by atoms with Crippen molar-refractivity contribution in [1.29, 1.82) is 0 Å². The van der Waals surface area contributed by atoms with E-state index < -0.39 is 0 Å². The van der Waals surface area contributed by atoms with Gasteiger partial charge in [-0.1, -0.05) is 26.8 Å². The Labute approximate surface area is 121 Å². The van der Waals surface area contributed by atoms with Gasteiger partial charge in [-0.05, 0) is 31.0 Å². The summed E-state index contributed by atoms with van der Waals surface area (Å²) in [5.41, 5.74) is 3.60. The summed E-state index contributed by atoms with van der Waals surface area (Å²) in [6.45, 7) is 8.32. The monoisotopic (exact) mass is 272 g/mol. The summed E-state index contributed by atoms with van der Waals surface area (Å²) in [5.74, 6) is 0. The van der Waals surface area contributed by atoms with Crippen molar-refractivity contribution in [2.24, 2.45) is 0 Å². The lowest BCUT2D eigenvalue weighted by Gasteiger charge is -2.18. The van der Waals surface area contributed by atoms with Crippen molar-refractivity contribution in [3.05, 3.63) is 47.5 Å². The van der Waals surface area contributed by atoms with Gasteiger partial charge in [-0.15, -0.1) is 0 Å². The molecule has 0 saturated carbocycles. The Bertz CT molecular complexity index is 533. The van der Waals surface area contributed by atoms with E-state index in [1.54, 1.807) is 0 Å². The first-order valence-corrected chi connectivity index (χ1v) is 7.49. The molecule has 1 unspecified atom stereocenters. The maximum atomic E-state index is 4.60. The predicted molar refractivity (Wildman–Crippen MR) is 81.7 cm³/mol. The Hall–Kier alpha value is -1.68. The number of hydrogen-bond donors (Lipinski definition) is 1. The molecule has 0 aliphatic heterocycles. The highest BCUT2D eigenvalue weighted by molar-refractivity contribution is 5.30. The number of pyridine rings is 1. The molecule has 0 aromatic carbocycles. The van der Waals surface area contributed by atoms with Crippen LogP contribution in [0.15, 0.2) is 30.7 Å². The average molecular weight is 272 g/mol. The lowest BCUT2D eigenvalue weighted by atomic mass is 10.0. The van der Waals surface area contributed by atoms with Crippen LogP contribution in [0.4, 0.5) is 0 Å². The summed E-state index contributed by atoms with van der Waals surface area (Å²) in [4.78, 5) is 4.60. The van der Waals surface area contributed by atoms with Gasteiger partial charge in [0.15, 0.2) is 0 Å². The highest BCUT2D eigenvalue weighted by atomic mass is 15.3. The average Bonchev–Trinajstić information content (AvgIpc) is 2.93. The van der Waals surface area contributed by atoms with E-state index in [1.165, 1.54) is 11.1 Å². The molecular weight excluding hydrogens is 248 g/mol. The van der Waals surface area contributed by atoms with Crippen LogP contribution in [0.25, 0.3) is 0 Å². The smallest absolute Gasteiger partial charge is 0.0784 e. The van der Waals surface area contributed by atoms with Crippen molar-refractivity contribution in [2.75, 3.05) is 6.54 Å². The minimum atomic E-state index is 0.127. The fourth-order valence-corrected chi connectivity index (χ4v) is 2.47. The quantitative estimate of drug-likeness (QED) is 0.842. The molecule has 0 aliphatic carbocycles. The van der Waals surface area contributed by atoms with Crippen LogP contribution < -0.4 is 5.32 Å². The second kappa shape index (κ2) is 7.20. The summed E-state index contributed by atoms with van der Waals surface area (Å²) in [7, 11) is 0. The van der Waals surface area contributed by atoms with E-state index in [-0.39, 0.29) is 6.04 Å². The SMILES string of the molecule is CCCn1cc(C(NCC)c2ncccc2CC)cn1. The maximum Gasteiger partial charge on any atom is 0.0784 e. The summed E-state index contributed by atoms with van der Waals surface area (Å²) < 4.78 is 2.01. The molecular formula is C16H24N4. The normalized spacial score (nSPS) is 12.6. The minimum Gasteiger partial charge on any atom is -0.305 e. The zero-order chi connectivity index (χ0) is 14.4. The first-order chi connectivity index (χ1) is 9.80. The van der Waals surface area contributed by atoms with Gasteiger partial charge in [0.1, 0.15) is 0 Å². The van der Waals surface area contributed by atoms with E-state index in [2.05, 4.69) is 48.4 Å². The van der Waals surface area contributed by atoms with Crippen LogP contribution in [0.3, 0.4) is 0 Å². The summed E-state index contributed by atoms with van der Waals surface area (Å²) >= 11 is 0. The van der Waals surface area contributed by atoms with Crippen LogP contribution in [0.1, 0.15) is 50.1 Å². The van der Waals surface area contributed by atoms with E-state index in [4.69, 9.17) is 0 Å². The molecule has 1 atom stereocenters. The third-order valence-electron chi connectivity index (χ3n) is 3.43. The fourth-order valence-electron chi connectivity index (χ4n) is 2.47. The molecule has 0 saturated heterocycles. The first kappa shape index (κ1) is 14.7. The largest absolute Gasteiger partial charge is 0.305 e. The van der Waals surface area contributed by atoms with Gasteiger partial charge in [-0.2, -0.15) is 5.10 Å². The van der Waals surface area contributed by atoms with Gasteiger partial charge >= 0.3 is 0 Å². The van der Waals surface area contributed by atoms with Crippen molar-refractivity contribution < 1.29 is 0 Å². The highest BCUT2D eigenvalue weighted by Gasteiger charge is 2.18. The molecule has 0 amide bonds. The third kappa shape index (κ3) is 3.25. The first-order valence-electron chi connectivity index (χ1n) is 7.49. The Kier molecular flexibility index (Phi) is 5.30.